The van der Waals surface area contributed by atoms with Crippen LogP contribution in [-0.4, -0.2) is 49.8 Å². The van der Waals surface area contributed by atoms with Gasteiger partial charge in [0, 0.05) is 25.0 Å². The number of ether oxygens (including phenoxy) is 1. The summed E-state index contributed by atoms with van der Waals surface area (Å²) in [5, 5.41) is 6.58. The van der Waals surface area contributed by atoms with Crippen LogP contribution in [-0.2, 0) is 0 Å². The molecule has 2 aliphatic rings. The van der Waals surface area contributed by atoms with Gasteiger partial charge in [0.15, 0.2) is 0 Å². The van der Waals surface area contributed by atoms with Gasteiger partial charge in [-0.25, -0.2) is 4.79 Å². The second-order valence-corrected chi connectivity index (χ2v) is 6.55. The number of amides is 2. The molecule has 2 fully saturated rings. The SMILES string of the molecule is O=C(NC1CCCNCC1)N1CCC(COc2ccccc2)C1. The Morgan fingerprint density at radius 3 is 2.96 bits per heavy atom. The maximum atomic E-state index is 12.4. The highest BCUT2D eigenvalue weighted by Gasteiger charge is 2.28. The molecular weight excluding hydrogens is 290 g/mol. The fourth-order valence-corrected chi connectivity index (χ4v) is 3.31. The zero-order chi connectivity index (χ0) is 15.9. The molecule has 2 aliphatic heterocycles. The first-order chi connectivity index (χ1) is 11.3. The highest BCUT2D eigenvalue weighted by atomic mass is 16.5. The number of nitrogens with zero attached hydrogens (tertiary/aromatic N) is 1. The quantitative estimate of drug-likeness (QED) is 0.895. The lowest BCUT2D eigenvalue weighted by atomic mass is 10.1. The van der Waals surface area contributed by atoms with E-state index in [1.165, 1.54) is 0 Å². The Bertz CT molecular complexity index is 486. The van der Waals surface area contributed by atoms with Gasteiger partial charge in [-0.3, -0.25) is 0 Å². The van der Waals surface area contributed by atoms with Gasteiger partial charge >= 0.3 is 6.03 Å². The van der Waals surface area contributed by atoms with Gasteiger partial charge in [0.1, 0.15) is 5.75 Å². The molecular formula is C18H27N3O2. The van der Waals surface area contributed by atoms with Crippen molar-refractivity contribution in [2.75, 3.05) is 32.8 Å². The summed E-state index contributed by atoms with van der Waals surface area (Å²) in [6, 6.07) is 10.3. The van der Waals surface area contributed by atoms with Crippen LogP contribution in [0.1, 0.15) is 25.7 Å². The van der Waals surface area contributed by atoms with Crippen molar-refractivity contribution in [2.45, 2.75) is 31.7 Å². The van der Waals surface area contributed by atoms with Crippen molar-refractivity contribution >= 4 is 6.03 Å². The van der Waals surface area contributed by atoms with Crippen molar-refractivity contribution in [1.82, 2.24) is 15.5 Å². The van der Waals surface area contributed by atoms with Gasteiger partial charge in [-0.15, -0.1) is 0 Å². The van der Waals surface area contributed by atoms with Crippen molar-refractivity contribution in [3.8, 4) is 5.75 Å². The molecule has 5 heteroatoms. The number of urea groups is 1. The van der Waals surface area contributed by atoms with Crippen LogP contribution in [0.3, 0.4) is 0 Å². The lowest BCUT2D eigenvalue weighted by Gasteiger charge is -2.22. The van der Waals surface area contributed by atoms with E-state index in [-0.39, 0.29) is 6.03 Å². The van der Waals surface area contributed by atoms with Crippen molar-refractivity contribution < 1.29 is 9.53 Å². The topological polar surface area (TPSA) is 53.6 Å². The third-order valence-electron chi connectivity index (χ3n) is 4.71. The smallest absolute Gasteiger partial charge is 0.317 e. The molecule has 0 aliphatic carbocycles. The summed E-state index contributed by atoms with van der Waals surface area (Å²) in [4.78, 5) is 14.3. The van der Waals surface area contributed by atoms with Crippen LogP contribution >= 0.6 is 0 Å². The summed E-state index contributed by atoms with van der Waals surface area (Å²) in [6.45, 7) is 4.37. The molecule has 1 aromatic carbocycles. The fourth-order valence-electron chi connectivity index (χ4n) is 3.31. The number of nitrogens with one attached hydrogen (secondary N) is 2. The number of carbonyl (C=O) groups is 1. The average molecular weight is 317 g/mol. The van der Waals surface area contributed by atoms with E-state index in [2.05, 4.69) is 10.6 Å². The van der Waals surface area contributed by atoms with Crippen LogP contribution in [0.15, 0.2) is 30.3 Å². The van der Waals surface area contributed by atoms with Gasteiger partial charge in [0.25, 0.3) is 0 Å². The molecule has 2 unspecified atom stereocenters. The molecule has 2 saturated heterocycles. The largest absolute Gasteiger partial charge is 0.493 e. The molecule has 1 aromatic rings. The van der Waals surface area contributed by atoms with Crippen LogP contribution in [0.4, 0.5) is 4.79 Å². The molecule has 126 valence electrons. The van der Waals surface area contributed by atoms with E-state index in [4.69, 9.17) is 4.74 Å². The predicted molar refractivity (Wildman–Crippen MR) is 90.7 cm³/mol. The predicted octanol–water partition coefficient (Wildman–Crippen LogP) is 2.24. The Labute approximate surface area is 138 Å². The zero-order valence-corrected chi connectivity index (χ0v) is 13.7. The Morgan fingerprint density at radius 1 is 1.22 bits per heavy atom. The lowest BCUT2D eigenvalue weighted by Crippen LogP contribution is -2.44. The molecule has 3 rings (SSSR count). The molecule has 2 heterocycles. The van der Waals surface area contributed by atoms with Crippen molar-refractivity contribution in [1.29, 1.82) is 0 Å². The molecule has 23 heavy (non-hydrogen) atoms. The number of hydrogen-bond acceptors (Lipinski definition) is 3. The van der Waals surface area contributed by atoms with E-state index in [0.29, 0.717) is 18.6 Å². The third kappa shape index (κ3) is 4.86. The fraction of sp³-hybridized carbons (Fsp3) is 0.611. The second-order valence-electron chi connectivity index (χ2n) is 6.55. The van der Waals surface area contributed by atoms with Gasteiger partial charge in [-0.2, -0.15) is 0 Å². The van der Waals surface area contributed by atoms with Gasteiger partial charge in [-0.05, 0) is 50.9 Å². The van der Waals surface area contributed by atoms with Crippen molar-refractivity contribution in [2.24, 2.45) is 5.92 Å². The summed E-state index contributed by atoms with van der Waals surface area (Å²) >= 11 is 0. The zero-order valence-electron chi connectivity index (χ0n) is 13.7. The highest BCUT2D eigenvalue weighted by molar-refractivity contribution is 5.74. The minimum Gasteiger partial charge on any atom is -0.493 e. The van der Waals surface area contributed by atoms with E-state index in [9.17, 15) is 4.79 Å². The number of para-hydroxylation sites is 1. The van der Waals surface area contributed by atoms with Crippen molar-refractivity contribution in [3.63, 3.8) is 0 Å². The third-order valence-corrected chi connectivity index (χ3v) is 4.71. The van der Waals surface area contributed by atoms with Crippen LogP contribution in [0.5, 0.6) is 5.75 Å². The normalized spacial score (nSPS) is 25.0. The molecule has 0 saturated carbocycles. The molecule has 0 aromatic heterocycles. The minimum atomic E-state index is 0.0964. The number of benzene rings is 1. The van der Waals surface area contributed by atoms with Crippen LogP contribution in [0.2, 0.25) is 0 Å². The van der Waals surface area contributed by atoms with Gasteiger partial charge in [0.2, 0.25) is 0 Å². The first-order valence-corrected chi connectivity index (χ1v) is 8.75. The van der Waals surface area contributed by atoms with E-state index in [1.807, 2.05) is 35.2 Å². The first kappa shape index (κ1) is 16.1. The van der Waals surface area contributed by atoms with Gasteiger partial charge in [-0.1, -0.05) is 18.2 Å². The minimum absolute atomic E-state index is 0.0964. The Balaban J connectivity index is 1.40. The van der Waals surface area contributed by atoms with E-state index < -0.39 is 0 Å². The maximum Gasteiger partial charge on any atom is 0.317 e. The van der Waals surface area contributed by atoms with E-state index >= 15 is 0 Å². The van der Waals surface area contributed by atoms with Crippen LogP contribution < -0.4 is 15.4 Å². The van der Waals surface area contributed by atoms with Gasteiger partial charge < -0.3 is 20.3 Å². The number of likely N-dealkylation sites (tertiary alicyclic amines) is 1. The lowest BCUT2D eigenvalue weighted by molar-refractivity contribution is 0.197. The van der Waals surface area contributed by atoms with E-state index in [0.717, 1.165) is 57.6 Å². The highest BCUT2D eigenvalue weighted by Crippen LogP contribution is 2.19. The molecule has 0 radical (unpaired) electrons. The van der Waals surface area contributed by atoms with Crippen LogP contribution in [0.25, 0.3) is 0 Å². The Kier molecular flexibility index (Phi) is 5.75. The molecule has 2 amide bonds. The Morgan fingerprint density at radius 2 is 2.09 bits per heavy atom. The summed E-state index contributed by atoms with van der Waals surface area (Å²) in [6.07, 6.45) is 4.26. The average Bonchev–Trinajstić information content (AvgIpc) is 2.92. The monoisotopic (exact) mass is 317 g/mol. The molecule has 0 spiro atoms. The summed E-state index contributed by atoms with van der Waals surface area (Å²) in [5.74, 6) is 1.33. The number of rotatable bonds is 4. The molecule has 2 atom stereocenters. The molecule has 5 nitrogen and oxygen atoms in total. The van der Waals surface area contributed by atoms with Gasteiger partial charge in [0.05, 0.1) is 6.61 Å². The van der Waals surface area contributed by atoms with Crippen LogP contribution in [0, 0.1) is 5.92 Å². The number of hydrogen-bond donors (Lipinski definition) is 2. The first-order valence-electron chi connectivity index (χ1n) is 8.75. The second kappa shape index (κ2) is 8.20. The maximum absolute atomic E-state index is 12.4. The summed E-state index contributed by atoms with van der Waals surface area (Å²) in [5.41, 5.74) is 0. The van der Waals surface area contributed by atoms with Crippen molar-refractivity contribution in [3.05, 3.63) is 30.3 Å². The molecule has 2 N–H and O–H groups in total. The summed E-state index contributed by atoms with van der Waals surface area (Å²) in [7, 11) is 0. The van der Waals surface area contributed by atoms with E-state index in [1.54, 1.807) is 0 Å². The Hall–Kier alpha value is -1.75. The number of carbonyl (C=O) groups excluding carboxylic acids is 1. The summed E-state index contributed by atoms with van der Waals surface area (Å²) < 4.78 is 5.82. The standard InChI is InChI=1S/C18H27N3O2/c22-18(20-16-5-4-10-19-11-8-16)21-12-9-15(13-21)14-23-17-6-2-1-3-7-17/h1-3,6-7,15-16,19H,4-5,8-14H2,(H,20,22). The molecule has 0 bridgehead atoms.